The number of aromatic nitrogens is 1. The van der Waals surface area contributed by atoms with Crippen molar-refractivity contribution in [1.29, 1.82) is 0 Å². The molecule has 8 nitrogen and oxygen atoms in total. The molecule has 1 aromatic heterocycles. The molecule has 0 radical (unpaired) electrons. The molecule has 27 heavy (non-hydrogen) atoms. The number of hydrogen-bond donors (Lipinski definition) is 1. The van der Waals surface area contributed by atoms with Crippen LogP contribution in [0.5, 0.6) is 0 Å². The van der Waals surface area contributed by atoms with Gasteiger partial charge in [0.25, 0.3) is 5.69 Å². The molecule has 1 aliphatic heterocycles. The maximum absolute atomic E-state index is 13.4. The van der Waals surface area contributed by atoms with Gasteiger partial charge in [0.15, 0.2) is 0 Å². The molecule has 146 valence electrons. The van der Waals surface area contributed by atoms with E-state index in [9.17, 15) is 18.5 Å². The molecule has 1 aliphatic rings. The highest BCUT2D eigenvalue weighted by Crippen LogP contribution is 2.33. The van der Waals surface area contributed by atoms with Gasteiger partial charge >= 0.3 is 0 Å². The van der Waals surface area contributed by atoms with Crippen LogP contribution in [-0.2, 0) is 10.0 Å². The van der Waals surface area contributed by atoms with Gasteiger partial charge in [-0.15, -0.1) is 12.4 Å². The fourth-order valence-electron chi connectivity index (χ4n) is 3.39. The number of benzene rings is 1. The van der Waals surface area contributed by atoms with Gasteiger partial charge in [0.1, 0.15) is 0 Å². The minimum atomic E-state index is -3.82. The number of hydrogen-bond acceptors (Lipinski definition) is 6. The summed E-state index contributed by atoms with van der Waals surface area (Å²) in [6.45, 7) is 4.52. The smallest absolute Gasteiger partial charge is 0.270 e. The lowest BCUT2D eigenvalue weighted by Gasteiger charge is -2.35. The van der Waals surface area contributed by atoms with Gasteiger partial charge in [-0.05, 0) is 36.6 Å². The number of sulfonamides is 1. The van der Waals surface area contributed by atoms with Gasteiger partial charge < -0.3 is 5.32 Å². The number of rotatable bonds is 4. The van der Waals surface area contributed by atoms with Crippen LogP contribution in [0.1, 0.15) is 22.7 Å². The number of pyridine rings is 1. The Balaban J connectivity index is 0.00000261. The fourth-order valence-corrected chi connectivity index (χ4v) is 5.42. The lowest BCUT2D eigenvalue weighted by molar-refractivity contribution is -0.385. The second-order valence-electron chi connectivity index (χ2n) is 6.29. The number of piperazine rings is 1. The van der Waals surface area contributed by atoms with Gasteiger partial charge in [-0.2, -0.15) is 4.31 Å². The number of nitrogens with one attached hydrogen (secondary N) is 1. The van der Waals surface area contributed by atoms with Crippen LogP contribution in [0.15, 0.2) is 41.6 Å². The molecular formula is C17H21ClN4O4S. The predicted octanol–water partition coefficient (Wildman–Crippen LogP) is 2.36. The van der Waals surface area contributed by atoms with Gasteiger partial charge in [0, 0.05) is 44.2 Å². The van der Waals surface area contributed by atoms with Crippen molar-refractivity contribution in [2.24, 2.45) is 0 Å². The molecule has 3 rings (SSSR count). The summed E-state index contributed by atoms with van der Waals surface area (Å²) in [4.78, 5) is 14.8. The molecule has 1 atom stereocenters. The largest absolute Gasteiger partial charge is 0.313 e. The Morgan fingerprint density at radius 1 is 1.30 bits per heavy atom. The number of aryl methyl sites for hydroxylation is 2. The number of nitro groups is 1. The average molecular weight is 413 g/mol. The summed E-state index contributed by atoms with van der Waals surface area (Å²) in [5.41, 5.74) is 1.45. The minimum Gasteiger partial charge on any atom is -0.313 e. The van der Waals surface area contributed by atoms with Gasteiger partial charge in [0.2, 0.25) is 10.0 Å². The number of non-ortho nitro benzene ring substituents is 1. The first-order valence-corrected chi connectivity index (χ1v) is 9.64. The molecule has 0 aliphatic carbocycles. The van der Waals surface area contributed by atoms with Crippen LogP contribution >= 0.6 is 12.4 Å². The highest BCUT2D eigenvalue weighted by Gasteiger charge is 2.36. The van der Waals surface area contributed by atoms with Gasteiger partial charge in [-0.25, -0.2) is 8.42 Å². The quantitative estimate of drug-likeness (QED) is 0.610. The molecule has 2 aromatic rings. The Morgan fingerprint density at radius 2 is 1.96 bits per heavy atom. The Morgan fingerprint density at radius 3 is 2.52 bits per heavy atom. The van der Waals surface area contributed by atoms with Crippen LogP contribution in [0.4, 0.5) is 5.69 Å². The number of halogens is 1. The second kappa shape index (κ2) is 8.30. The fraction of sp³-hybridized carbons (Fsp3) is 0.353. The third-order valence-electron chi connectivity index (χ3n) is 4.49. The number of nitrogens with zero attached hydrogens (tertiary/aromatic N) is 3. The maximum atomic E-state index is 13.4. The van der Waals surface area contributed by atoms with Crippen molar-refractivity contribution in [2.75, 3.05) is 19.6 Å². The Bertz CT molecular complexity index is 914. The first kappa shape index (κ1) is 21.2. The van der Waals surface area contributed by atoms with E-state index in [1.807, 2.05) is 6.07 Å². The molecule has 1 fully saturated rings. The molecule has 0 spiro atoms. The Kier molecular flexibility index (Phi) is 6.53. The Labute approximate surface area is 164 Å². The van der Waals surface area contributed by atoms with Crippen LogP contribution in [0, 0.1) is 24.0 Å². The van der Waals surface area contributed by atoms with E-state index in [1.165, 1.54) is 16.4 Å². The van der Waals surface area contributed by atoms with Gasteiger partial charge in [-0.1, -0.05) is 6.07 Å². The molecule has 1 unspecified atom stereocenters. The second-order valence-corrected chi connectivity index (χ2v) is 8.12. The van der Waals surface area contributed by atoms with Crippen molar-refractivity contribution in [2.45, 2.75) is 24.8 Å². The van der Waals surface area contributed by atoms with E-state index in [2.05, 4.69) is 10.3 Å². The maximum Gasteiger partial charge on any atom is 0.270 e. The molecule has 10 heteroatoms. The van der Waals surface area contributed by atoms with Crippen molar-refractivity contribution >= 4 is 28.1 Å². The van der Waals surface area contributed by atoms with E-state index in [1.54, 1.807) is 32.3 Å². The highest BCUT2D eigenvalue weighted by atomic mass is 35.5. The summed E-state index contributed by atoms with van der Waals surface area (Å²) in [5.74, 6) is 0. The van der Waals surface area contributed by atoms with Crippen molar-refractivity contribution in [1.82, 2.24) is 14.6 Å². The van der Waals surface area contributed by atoms with Gasteiger partial charge in [0.05, 0.1) is 15.9 Å². The highest BCUT2D eigenvalue weighted by molar-refractivity contribution is 7.89. The van der Waals surface area contributed by atoms with E-state index in [0.29, 0.717) is 30.8 Å². The summed E-state index contributed by atoms with van der Waals surface area (Å²) < 4.78 is 28.3. The third-order valence-corrected chi connectivity index (χ3v) is 6.70. The van der Waals surface area contributed by atoms with Crippen molar-refractivity contribution in [3.8, 4) is 0 Å². The lowest BCUT2D eigenvalue weighted by Crippen LogP contribution is -2.48. The van der Waals surface area contributed by atoms with E-state index in [-0.39, 0.29) is 29.0 Å². The average Bonchev–Trinajstić information content (AvgIpc) is 2.61. The monoisotopic (exact) mass is 412 g/mol. The van der Waals surface area contributed by atoms with Crippen LogP contribution in [0.3, 0.4) is 0 Å². The van der Waals surface area contributed by atoms with Crippen LogP contribution < -0.4 is 5.32 Å². The predicted molar refractivity (Wildman–Crippen MR) is 104 cm³/mol. The zero-order valence-electron chi connectivity index (χ0n) is 15.0. The zero-order chi connectivity index (χ0) is 18.9. The van der Waals surface area contributed by atoms with Crippen molar-refractivity contribution in [3.63, 3.8) is 0 Å². The molecule has 0 saturated carbocycles. The summed E-state index contributed by atoms with van der Waals surface area (Å²) >= 11 is 0. The molecule has 0 amide bonds. The SMILES string of the molecule is Cc1cc([N+](=O)[O-])cc(C)c1S(=O)(=O)N1CCNCC1c1cccnc1.Cl. The number of nitro benzene ring substituents is 1. The van der Waals surface area contributed by atoms with Gasteiger partial charge in [-0.3, -0.25) is 15.1 Å². The summed E-state index contributed by atoms with van der Waals surface area (Å²) in [6.07, 6.45) is 3.30. The molecule has 1 N–H and O–H groups in total. The molecule has 0 bridgehead atoms. The van der Waals surface area contributed by atoms with Crippen LogP contribution in [-0.4, -0.2) is 42.3 Å². The van der Waals surface area contributed by atoms with E-state index in [0.717, 1.165) is 5.56 Å². The summed E-state index contributed by atoms with van der Waals surface area (Å²) in [7, 11) is -3.82. The first-order chi connectivity index (χ1) is 12.3. The summed E-state index contributed by atoms with van der Waals surface area (Å²) in [6, 6.07) is 5.86. The van der Waals surface area contributed by atoms with E-state index in [4.69, 9.17) is 0 Å². The van der Waals surface area contributed by atoms with E-state index >= 15 is 0 Å². The summed E-state index contributed by atoms with van der Waals surface area (Å²) in [5, 5.41) is 14.3. The molecule has 1 aromatic carbocycles. The molecular weight excluding hydrogens is 392 g/mol. The minimum absolute atomic E-state index is 0. The Hall–Kier alpha value is -2.07. The zero-order valence-corrected chi connectivity index (χ0v) is 16.6. The normalized spacial score (nSPS) is 17.9. The lowest BCUT2D eigenvalue weighted by atomic mass is 10.1. The van der Waals surface area contributed by atoms with Crippen molar-refractivity contribution in [3.05, 3.63) is 63.5 Å². The van der Waals surface area contributed by atoms with Crippen molar-refractivity contribution < 1.29 is 13.3 Å². The van der Waals surface area contributed by atoms with Crippen LogP contribution in [0.25, 0.3) is 0 Å². The third kappa shape index (κ3) is 4.11. The topological polar surface area (TPSA) is 105 Å². The van der Waals surface area contributed by atoms with Crippen LogP contribution in [0.2, 0.25) is 0 Å². The molecule has 2 heterocycles. The molecule has 1 saturated heterocycles. The van der Waals surface area contributed by atoms with E-state index < -0.39 is 14.9 Å². The first-order valence-electron chi connectivity index (χ1n) is 8.20. The standard InChI is InChI=1S/C17H20N4O4S.ClH/c1-12-8-15(21(22)23)9-13(2)17(12)26(24,25)20-7-6-19-11-16(20)14-4-3-5-18-10-14;/h3-5,8-10,16,19H,6-7,11H2,1-2H3;1H.